The Morgan fingerprint density at radius 3 is 2.56 bits per heavy atom. The standard InChI is InChI=1S/C15H23NOS/c1-11-4-5-15(12(2)10-11)13(3)16-14-6-8-18(17)9-7-14/h4-5,10,13-14,16H,6-9H2,1-3H3. The zero-order valence-electron chi connectivity index (χ0n) is 11.5. The molecule has 0 radical (unpaired) electrons. The molecule has 1 aliphatic rings. The fraction of sp³-hybridized carbons (Fsp3) is 0.600. The number of aryl methyl sites for hydroxylation is 2. The highest BCUT2D eigenvalue weighted by atomic mass is 32.2. The van der Waals surface area contributed by atoms with Gasteiger partial charge in [0.1, 0.15) is 0 Å². The van der Waals surface area contributed by atoms with E-state index < -0.39 is 10.8 Å². The molecule has 1 aromatic carbocycles. The van der Waals surface area contributed by atoms with Crippen molar-refractivity contribution in [3.63, 3.8) is 0 Å². The van der Waals surface area contributed by atoms with Gasteiger partial charge in [0.2, 0.25) is 0 Å². The van der Waals surface area contributed by atoms with Crippen LogP contribution in [-0.2, 0) is 10.8 Å². The average Bonchev–Trinajstić information content (AvgIpc) is 2.32. The maximum absolute atomic E-state index is 11.3. The lowest BCUT2D eigenvalue weighted by Crippen LogP contribution is -2.37. The van der Waals surface area contributed by atoms with E-state index in [0.29, 0.717) is 12.1 Å². The Bertz CT molecular complexity index is 434. The summed E-state index contributed by atoms with van der Waals surface area (Å²) in [5.74, 6) is 1.72. The van der Waals surface area contributed by atoms with Crippen molar-refractivity contribution in [3.05, 3.63) is 34.9 Å². The molecule has 18 heavy (non-hydrogen) atoms. The van der Waals surface area contributed by atoms with Crippen molar-refractivity contribution < 1.29 is 4.21 Å². The minimum Gasteiger partial charge on any atom is -0.307 e. The number of nitrogens with one attached hydrogen (secondary N) is 1. The Morgan fingerprint density at radius 2 is 1.94 bits per heavy atom. The molecule has 0 bridgehead atoms. The van der Waals surface area contributed by atoms with Crippen molar-refractivity contribution >= 4 is 10.8 Å². The van der Waals surface area contributed by atoms with Gasteiger partial charge in [-0.15, -0.1) is 0 Å². The van der Waals surface area contributed by atoms with Gasteiger partial charge in [0, 0.05) is 34.4 Å². The fourth-order valence-electron chi connectivity index (χ4n) is 2.72. The van der Waals surface area contributed by atoms with Gasteiger partial charge in [-0.05, 0) is 44.7 Å². The van der Waals surface area contributed by atoms with E-state index in [1.165, 1.54) is 16.7 Å². The predicted molar refractivity (Wildman–Crippen MR) is 78.4 cm³/mol. The molecule has 0 aromatic heterocycles. The van der Waals surface area contributed by atoms with Gasteiger partial charge in [-0.3, -0.25) is 4.21 Å². The molecule has 0 saturated carbocycles. The maximum atomic E-state index is 11.3. The molecule has 1 N–H and O–H groups in total. The largest absolute Gasteiger partial charge is 0.307 e. The summed E-state index contributed by atoms with van der Waals surface area (Å²) < 4.78 is 11.3. The van der Waals surface area contributed by atoms with E-state index >= 15 is 0 Å². The van der Waals surface area contributed by atoms with Crippen LogP contribution in [0.15, 0.2) is 18.2 Å². The number of hydrogen-bond donors (Lipinski definition) is 1. The van der Waals surface area contributed by atoms with Crippen molar-refractivity contribution in [1.82, 2.24) is 5.32 Å². The summed E-state index contributed by atoms with van der Waals surface area (Å²) in [6.45, 7) is 6.53. The lowest BCUT2D eigenvalue weighted by Gasteiger charge is -2.27. The second-order valence-corrected chi connectivity index (χ2v) is 7.07. The molecule has 1 aliphatic heterocycles. The van der Waals surface area contributed by atoms with E-state index in [9.17, 15) is 4.21 Å². The number of hydrogen-bond acceptors (Lipinski definition) is 2. The minimum atomic E-state index is -0.568. The second-order valence-electron chi connectivity index (χ2n) is 5.37. The second kappa shape index (κ2) is 5.98. The van der Waals surface area contributed by atoms with Gasteiger partial charge in [-0.25, -0.2) is 0 Å². The first-order valence-corrected chi connectivity index (χ1v) is 8.23. The van der Waals surface area contributed by atoms with Crippen LogP contribution in [0.3, 0.4) is 0 Å². The quantitative estimate of drug-likeness (QED) is 0.910. The first kappa shape index (κ1) is 13.8. The SMILES string of the molecule is Cc1ccc(C(C)NC2CCS(=O)CC2)c(C)c1. The molecule has 3 heteroatoms. The monoisotopic (exact) mass is 265 g/mol. The highest BCUT2D eigenvalue weighted by Crippen LogP contribution is 2.21. The van der Waals surface area contributed by atoms with Gasteiger partial charge >= 0.3 is 0 Å². The van der Waals surface area contributed by atoms with Gasteiger partial charge < -0.3 is 5.32 Å². The Balaban J connectivity index is 1.98. The van der Waals surface area contributed by atoms with Crippen LogP contribution in [0.5, 0.6) is 0 Å². The minimum absolute atomic E-state index is 0.377. The molecule has 1 aromatic rings. The average molecular weight is 265 g/mol. The van der Waals surface area contributed by atoms with Crippen molar-refractivity contribution in [2.24, 2.45) is 0 Å². The van der Waals surface area contributed by atoms with E-state index in [1.54, 1.807) is 0 Å². The molecule has 1 unspecified atom stereocenters. The Kier molecular flexibility index (Phi) is 4.57. The summed E-state index contributed by atoms with van der Waals surface area (Å²) in [5.41, 5.74) is 4.05. The highest BCUT2D eigenvalue weighted by molar-refractivity contribution is 7.85. The molecule has 1 fully saturated rings. The zero-order chi connectivity index (χ0) is 13.1. The van der Waals surface area contributed by atoms with E-state index in [4.69, 9.17) is 0 Å². The van der Waals surface area contributed by atoms with Crippen LogP contribution >= 0.6 is 0 Å². The van der Waals surface area contributed by atoms with Crippen LogP contribution in [-0.4, -0.2) is 21.8 Å². The summed E-state index contributed by atoms with van der Waals surface area (Å²) in [4.78, 5) is 0. The summed E-state index contributed by atoms with van der Waals surface area (Å²) in [6.07, 6.45) is 2.09. The van der Waals surface area contributed by atoms with E-state index in [1.807, 2.05) is 0 Å². The number of rotatable bonds is 3. The summed E-state index contributed by atoms with van der Waals surface area (Å²) in [5, 5.41) is 3.68. The lowest BCUT2D eigenvalue weighted by molar-refractivity contribution is 0.426. The van der Waals surface area contributed by atoms with Gasteiger partial charge in [0.15, 0.2) is 0 Å². The van der Waals surface area contributed by atoms with Gasteiger partial charge in [0.25, 0.3) is 0 Å². The molecular weight excluding hydrogens is 242 g/mol. The zero-order valence-corrected chi connectivity index (χ0v) is 12.3. The molecule has 1 saturated heterocycles. The van der Waals surface area contributed by atoms with Gasteiger partial charge in [-0.1, -0.05) is 23.8 Å². The van der Waals surface area contributed by atoms with Gasteiger partial charge in [-0.2, -0.15) is 0 Å². The third-order valence-electron chi connectivity index (χ3n) is 3.77. The molecular formula is C15H23NOS. The number of benzene rings is 1. The first-order valence-electron chi connectivity index (χ1n) is 6.74. The van der Waals surface area contributed by atoms with Crippen LogP contribution in [0.25, 0.3) is 0 Å². The van der Waals surface area contributed by atoms with E-state index in [2.05, 4.69) is 44.3 Å². The molecule has 100 valence electrons. The van der Waals surface area contributed by atoms with E-state index in [-0.39, 0.29) is 0 Å². The third-order valence-corrected chi connectivity index (χ3v) is 5.15. The summed E-state index contributed by atoms with van der Waals surface area (Å²) in [6, 6.07) is 7.55. The van der Waals surface area contributed by atoms with Crippen LogP contribution in [0, 0.1) is 13.8 Å². The molecule has 0 spiro atoms. The molecule has 2 rings (SSSR count). The van der Waals surface area contributed by atoms with Crippen molar-refractivity contribution in [1.29, 1.82) is 0 Å². The van der Waals surface area contributed by atoms with Crippen LogP contribution in [0.2, 0.25) is 0 Å². The molecule has 2 nitrogen and oxygen atoms in total. The summed E-state index contributed by atoms with van der Waals surface area (Å²) in [7, 11) is -0.568. The molecule has 1 atom stereocenters. The van der Waals surface area contributed by atoms with E-state index in [0.717, 1.165) is 24.3 Å². The maximum Gasteiger partial charge on any atom is 0.0296 e. The molecule has 0 aliphatic carbocycles. The Morgan fingerprint density at radius 1 is 1.28 bits per heavy atom. The fourth-order valence-corrected chi connectivity index (χ4v) is 4.01. The smallest absolute Gasteiger partial charge is 0.0296 e. The van der Waals surface area contributed by atoms with Gasteiger partial charge in [0.05, 0.1) is 0 Å². The summed E-state index contributed by atoms with van der Waals surface area (Å²) >= 11 is 0. The van der Waals surface area contributed by atoms with Crippen LogP contribution in [0.4, 0.5) is 0 Å². The molecule has 0 amide bonds. The normalized spacial score (nSPS) is 25.9. The Labute approximate surface area is 113 Å². The lowest BCUT2D eigenvalue weighted by atomic mass is 9.99. The topological polar surface area (TPSA) is 29.1 Å². The third kappa shape index (κ3) is 3.42. The van der Waals surface area contributed by atoms with Crippen molar-refractivity contribution in [3.8, 4) is 0 Å². The molecule has 1 heterocycles. The van der Waals surface area contributed by atoms with Crippen LogP contribution < -0.4 is 5.32 Å². The first-order chi connectivity index (χ1) is 8.56. The Hall–Kier alpha value is -0.670. The predicted octanol–water partition coefficient (Wildman–Crippen LogP) is 2.87. The van der Waals surface area contributed by atoms with Crippen molar-refractivity contribution in [2.75, 3.05) is 11.5 Å². The highest BCUT2D eigenvalue weighted by Gasteiger charge is 2.20. The van der Waals surface area contributed by atoms with Crippen molar-refractivity contribution in [2.45, 2.75) is 45.7 Å². The van der Waals surface area contributed by atoms with Crippen LogP contribution in [0.1, 0.15) is 42.5 Å².